The number of aliphatic carboxylic acids is 1. The molecule has 1 unspecified atom stereocenters. The molecular weight excluding hydrogens is 316 g/mol. The second kappa shape index (κ2) is 7.51. The lowest BCUT2D eigenvalue weighted by molar-refractivity contribution is -0.136. The van der Waals surface area contributed by atoms with E-state index in [1.165, 1.54) is 18.4 Å². The van der Waals surface area contributed by atoms with Crippen molar-refractivity contribution in [2.24, 2.45) is 23.7 Å². The second-order valence-electron chi connectivity index (χ2n) is 8.25. The van der Waals surface area contributed by atoms with E-state index in [4.69, 9.17) is 5.11 Å². The Balaban J connectivity index is 1.64. The van der Waals surface area contributed by atoms with Crippen LogP contribution in [0.15, 0.2) is 11.6 Å². The standard InChI is InChI=1S/C21H30O4/c1-21(25,15-6-2-3-7-15)12-11-17-18-13-14(5-4-8-20(23)24)16(18)9-10-19(17)22/h5,15-19,22,25H,2-4,6-10,13H2,1H3,(H,23,24)/b14-5+/t16-,17-,18+,19-,21?/m1/s1. The van der Waals surface area contributed by atoms with E-state index in [0.717, 1.165) is 32.1 Å². The van der Waals surface area contributed by atoms with E-state index >= 15 is 0 Å². The molecule has 0 heterocycles. The molecule has 0 aromatic carbocycles. The number of aliphatic hydroxyl groups is 2. The lowest BCUT2D eigenvalue weighted by atomic mass is 9.57. The lowest BCUT2D eigenvalue weighted by Crippen LogP contribution is -2.44. The molecule has 0 spiro atoms. The highest BCUT2D eigenvalue weighted by atomic mass is 16.4. The van der Waals surface area contributed by atoms with Crippen molar-refractivity contribution in [3.63, 3.8) is 0 Å². The zero-order chi connectivity index (χ0) is 18.0. The first-order valence-corrected chi connectivity index (χ1v) is 9.72. The monoisotopic (exact) mass is 346 g/mol. The minimum Gasteiger partial charge on any atom is -0.481 e. The Morgan fingerprint density at radius 3 is 2.68 bits per heavy atom. The highest BCUT2D eigenvalue weighted by Gasteiger charge is 2.46. The van der Waals surface area contributed by atoms with Crippen molar-refractivity contribution in [1.29, 1.82) is 0 Å². The molecule has 0 amide bonds. The smallest absolute Gasteiger partial charge is 0.303 e. The van der Waals surface area contributed by atoms with E-state index in [1.807, 2.05) is 6.92 Å². The number of hydrogen-bond donors (Lipinski definition) is 3. The minimum absolute atomic E-state index is 0.0664. The quantitative estimate of drug-likeness (QED) is 0.540. The summed E-state index contributed by atoms with van der Waals surface area (Å²) >= 11 is 0. The molecule has 4 nitrogen and oxygen atoms in total. The van der Waals surface area contributed by atoms with Crippen LogP contribution in [0, 0.1) is 35.5 Å². The molecule has 3 aliphatic carbocycles. The fraction of sp³-hybridized carbons (Fsp3) is 0.762. The fourth-order valence-corrected chi connectivity index (χ4v) is 4.91. The third kappa shape index (κ3) is 4.10. The van der Waals surface area contributed by atoms with Gasteiger partial charge in [0.1, 0.15) is 5.60 Å². The summed E-state index contributed by atoms with van der Waals surface area (Å²) < 4.78 is 0. The molecule has 0 aromatic rings. The molecule has 3 saturated carbocycles. The maximum absolute atomic E-state index is 10.7. The van der Waals surface area contributed by atoms with Crippen LogP contribution < -0.4 is 0 Å². The van der Waals surface area contributed by atoms with E-state index < -0.39 is 17.7 Å². The predicted molar refractivity (Wildman–Crippen MR) is 95.6 cm³/mol. The lowest BCUT2D eigenvalue weighted by Gasteiger charge is -2.48. The third-order valence-electron chi connectivity index (χ3n) is 6.52. The van der Waals surface area contributed by atoms with Crippen LogP contribution in [-0.4, -0.2) is 33.0 Å². The van der Waals surface area contributed by atoms with Crippen molar-refractivity contribution >= 4 is 5.97 Å². The molecule has 3 fully saturated rings. The van der Waals surface area contributed by atoms with E-state index in [0.29, 0.717) is 18.3 Å². The summed E-state index contributed by atoms with van der Waals surface area (Å²) in [5, 5.41) is 29.9. The van der Waals surface area contributed by atoms with Crippen LogP contribution in [0.1, 0.15) is 64.7 Å². The molecule has 3 N–H and O–H groups in total. The van der Waals surface area contributed by atoms with Crippen molar-refractivity contribution in [3.8, 4) is 11.8 Å². The first-order chi connectivity index (χ1) is 11.9. The Kier molecular flexibility index (Phi) is 5.55. The van der Waals surface area contributed by atoms with E-state index in [-0.39, 0.29) is 18.3 Å². The second-order valence-corrected chi connectivity index (χ2v) is 8.25. The molecular formula is C21H30O4. The number of carbonyl (C=O) groups is 1. The van der Waals surface area contributed by atoms with Crippen LogP contribution >= 0.6 is 0 Å². The summed E-state index contributed by atoms with van der Waals surface area (Å²) in [6.45, 7) is 1.82. The molecule has 25 heavy (non-hydrogen) atoms. The van der Waals surface area contributed by atoms with Gasteiger partial charge >= 0.3 is 5.97 Å². The third-order valence-corrected chi connectivity index (χ3v) is 6.52. The van der Waals surface area contributed by atoms with Crippen LogP contribution in [0.5, 0.6) is 0 Å². The highest BCUT2D eigenvalue weighted by Crippen LogP contribution is 2.51. The number of fused-ring (bicyclic) bond motifs is 1. The van der Waals surface area contributed by atoms with Gasteiger partial charge in [-0.2, -0.15) is 0 Å². The van der Waals surface area contributed by atoms with Crippen molar-refractivity contribution < 1.29 is 20.1 Å². The molecule has 0 radical (unpaired) electrons. The van der Waals surface area contributed by atoms with Gasteiger partial charge in [-0.15, -0.1) is 0 Å². The Hall–Kier alpha value is -1.31. The maximum atomic E-state index is 10.7. The first kappa shape index (κ1) is 18.5. The Morgan fingerprint density at radius 1 is 1.28 bits per heavy atom. The van der Waals surface area contributed by atoms with Gasteiger partial charge in [0.2, 0.25) is 0 Å². The number of carboxylic acids is 1. The largest absolute Gasteiger partial charge is 0.481 e. The summed E-state index contributed by atoms with van der Waals surface area (Å²) in [5.41, 5.74) is 0.389. The molecule has 0 saturated heterocycles. The van der Waals surface area contributed by atoms with Gasteiger partial charge in [-0.3, -0.25) is 4.79 Å². The van der Waals surface area contributed by atoms with E-state index in [2.05, 4.69) is 17.9 Å². The predicted octanol–water partition coefficient (Wildman–Crippen LogP) is 3.13. The van der Waals surface area contributed by atoms with Crippen molar-refractivity contribution in [1.82, 2.24) is 0 Å². The van der Waals surface area contributed by atoms with Crippen molar-refractivity contribution in [3.05, 3.63) is 11.6 Å². The van der Waals surface area contributed by atoms with Crippen molar-refractivity contribution in [2.45, 2.75) is 76.4 Å². The highest BCUT2D eigenvalue weighted by molar-refractivity contribution is 5.66. The van der Waals surface area contributed by atoms with Gasteiger partial charge in [-0.05, 0) is 63.2 Å². The zero-order valence-electron chi connectivity index (χ0n) is 15.1. The molecule has 0 bridgehead atoms. The molecule has 138 valence electrons. The van der Waals surface area contributed by atoms with Gasteiger partial charge in [0, 0.05) is 6.42 Å². The first-order valence-electron chi connectivity index (χ1n) is 9.72. The van der Waals surface area contributed by atoms with Gasteiger partial charge in [0.25, 0.3) is 0 Å². The molecule has 0 aliphatic heterocycles. The maximum Gasteiger partial charge on any atom is 0.303 e. The molecule has 3 rings (SSSR count). The summed E-state index contributed by atoms with van der Waals surface area (Å²) in [6, 6.07) is 0. The van der Waals surface area contributed by atoms with E-state index in [1.54, 1.807) is 0 Å². The average Bonchev–Trinajstić information content (AvgIpc) is 3.06. The van der Waals surface area contributed by atoms with Crippen molar-refractivity contribution in [2.75, 3.05) is 0 Å². The van der Waals surface area contributed by atoms with Gasteiger partial charge in [-0.25, -0.2) is 0 Å². The van der Waals surface area contributed by atoms with Crippen LogP contribution in [0.3, 0.4) is 0 Å². The number of carboxylic acid groups (broad SMARTS) is 1. The normalized spacial score (nSPS) is 36.0. The molecule has 5 atom stereocenters. The summed E-state index contributed by atoms with van der Waals surface area (Å²) in [6.07, 6.45) is 9.46. The summed E-state index contributed by atoms with van der Waals surface area (Å²) in [7, 11) is 0. The van der Waals surface area contributed by atoms with Gasteiger partial charge in [0.05, 0.1) is 12.0 Å². The number of rotatable bonds is 4. The minimum atomic E-state index is -0.951. The van der Waals surface area contributed by atoms with Crippen LogP contribution in [0.25, 0.3) is 0 Å². The topological polar surface area (TPSA) is 77.8 Å². The Labute approximate surface area is 150 Å². The number of aliphatic hydroxyl groups excluding tert-OH is 1. The Morgan fingerprint density at radius 2 is 2.00 bits per heavy atom. The zero-order valence-corrected chi connectivity index (χ0v) is 15.1. The summed E-state index contributed by atoms with van der Waals surface area (Å²) in [5.74, 6) is 6.57. The van der Waals surface area contributed by atoms with Gasteiger partial charge in [-0.1, -0.05) is 36.3 Å². The molecule has 0 aromatic heterocycles. The van der Waals surface area contributed by atoms with Crippen LogP contribution in [0.4, 0.5) is 0 Å². The van der Waals surface area contributed by atoms with E-state index in [9.17, 15) is 15.0 Å². The summed E-state index contributed by atoms with van der Waals surface area (Å²) in [4.78, 5) is 10.6. The van der Waals surface area contributed by atoms with Gasteiger partial charge in [0.15, 0.2) is 0 Å². The number of hydrogen-bond acceptors (Lipinski definition) is 3. The number of allylic oxidation sites excluding steroid dienone is 2. The molecule has 4 heteroatoms. The Bertz CT molecular complexity index is 589. The van der Waals surface area contributed by atoms with Crippen LogP contribution in [-0.2, 0) is 4.79 Å². The van der Waals surface area contributed by atoms with Gasteiger partial charge < -0.3 is 15.3 Å². The average molecular weight is 346 g/mol. The van der Waals surface area contributed by atoms with Crippen LogP contribution in [0.2, 0.25) is 0 Å². The fourth-order valence-electron chi connectivity index (χ4n) is 4.91. The molecule has 3 aliphatic rings. The SMILES string of the molecule is CC(O)(C#C[C@@H]1[C@H]2C/C(=C\CCC(=O)O)[C@H]2CC[C@H]1O)C1CCCC1.